The summed E-state index contributed by atoms with van der Waals surface area (Å²) in [5, 5.41) is 0. The zero-order valence-corrected chi connectivity index (χ0v) is 6.55. The molecule has 0 aromatic rings. The van der Waals surface area contributed by atoms with Crippen molar-refractivity contribution in [2.24, 2.45) is 17.6 Å². The van der Waals surface area contributed by atoms with Gasteiger partial charge in [-0.15, -0.1) is 0 Å². The molecule has 1 heteroatoms. The Morgan fingerprint density at radius 2 is 1.60 bits per heavy atom. The quantitative estimate of drug-likeness (QED) is 0.590. The van der Waals surface area contributed by atoms with E-state index in [1.54, 1.807) is 0 Å². The highest BCUT2D eigenvalue weighted by atomic mass is 14.8. The van der Waals surface area contributed by atoms with Crippen LogP contribution in [-0.4, -0.2) is 6.04 Å². The van der Waals surface area contributed by atoms with E-state index in [-0.39, 0.29) is 0 Å². The maximum atomic E-state index is 5.80. The largest absolute Gasteiger partial charge is 0.327 e. The predicted molar refractivity (Wildman–Crippen MR) is 42.7 cm³/mol. The maximum Gasteiger partial charge on any atom is 0.00737 e. The van der Waals surface area contributed by atoms with Crippen molar-refractivity contribution in [3.63, 3.8) is 0 Å². The molecule has 58 valence electrons. The van der Waals surface area contributed by atoms with Gasteiger partial charge in [0.1, 0.15) is 0 Å². The molecule has 0 radical (unpaired) electrons. The second kappa shape index (κ2) is 2.54. The van der Waals surface area contributed by atoms with Crippen LogP contribution in [0.4, 0.5) is 0 Å². The molecule has 0 spiro atoms. The molecule has 0 aromatic heterocycles. The van der Waals surface area contributed by atoms with E-state index in [0.29, 0.717) is 6.04 Å². The van der Waals surface area contributed by atoms with Crippen LogP contribution in [0, 0.1) is 11.8 Å². The Bertz CT molecular complexity index is 116. The summed E-state index contributed by atoms with van der Waals surface area (Å²) in [6.45, 7) is 0. The van der Waals surface area contributed by atoms with Crippen molar-refractivity contribution < 1.29 is 0 Å². The van der Waals surface area contributed by atoms with Crippen LogP contribution in [0.1, 0.15) is 38.5 Å². The highest BCUT2D eigenvalue weighted by molar-refractivity contribution is 4.95. The highest BCUT2D eigenvalue weighted by Gasteiger charge is 2.39. The van der Waals surface area contributed by atoms with E-state index in [2.05, 4.69) is 0 Å². The molecule has 2 fully saturated rings. The van der Waals surface area contributed by atoms with Crippen molar-refractivity contribution in [1.29, 1.82) is 0 Å². The molecule has 0 saturated heterocycles. The molecule has 0 unspecified atom stereocenters. The van der Waals surface area contributed by atoms with E-state index < -0.39 is 0 Å². The highest BCUT2D eigenvalue weighted by Crippen LogP contribution is 2.42. The lowest BCUT2D eigenvalue weighted by Crippen LogP contribution is -2.13. The average Bonchev–Trinajstić information content (AvgIpc) is 2.69. The summed E-state index contributed by atoms with van der Waals surface area (Å²) >= 11 is 0. The van der Waals surface area contributed by atoms with E-state index in [4.69, 9.17) is 5.73 Å². The fraction of sp³-hybridized carbons (Fsp3) is 1.00. The fourth-order valence-electron chi connectivity index (χ4n) is 2.34. The molecular weight excluding hydrogens is 122 g/mol. The van der Waals surface area contributed by atoms with E-state index in [1.165, 1.54) is 38.5 Å². The Morgan fingerprint density at radius 1 is 1.00 bits per heavy atom. The molecule has 0 aromatic carbocycles. The zero-order valence-electron chi connectivity index (χ0n) is 6.55. The van der Waals surface area contributed by atoms with Crippen molar-refractivity contribution in [2.75, 3.05) is 0 Å². The first-order chi connectivity index (χ1) is 4.88. The second-order valence-electron chi connectivity index (χ2n) is 3.96. The molecule has 1 nitrogen and oxygen atoms in total. The molecule has 2 aliphatic carbocycles. The van der Waals surface area contributed by atoms with Gasteiger partial charge in [0.15, 0.2) is 0 Å². The Labute approximate surface area is 63.0 Å². The first-order valence-electron chi connectivity index (χ1n) is 4.63. The summed E-state index contributed by atoms with van der Waals surface area (Å²) in [5.74, 6) is 1.95. The lowest BCUT2D eigenvalue weighted by molar-refractivity contribution is 0.318. The van der Waals surface area contributed by atoms with Crippen molar-refractivity contribution >= 4 is 0 Å². The first-order valence-corrected chi connectivity index (χ1v) is 4.63. The smallest absolute Gasteiger partial charge is 0.00737 e. The number of nitrogens with two attached hydrogens (primary N) is 1. The number of hydrogen-bond acceptors (Lipinski definition) is 1. The van der Waals surface area contributed by atoms with Crippen LogP contribution in [0.3, 0.4) is 0 Å². The standard InChI is InChI=1S/C9H17N/c10-9-6-8(9)7-4-2-1-3-5-7/h7-9H,1-6,10H2/t8-,9-/m0/s1. The Morgan fingerprint density at radius 3 is 2.10 bits per heavy atom. The minimum Gasteiger partial charge on any atom is -0.327 e. The fourth-order valence-corrected chi connectivity index (χ4v) is 2.34. The van der Waals surface area contributed by atoms with Crippen LogP contribution < -0.4 is 5.73 Å². The summed E-state index contributed by atoms with van der Waals surface area (Å²) in [4.78, 5) is 0. The second-order valence-corrected chi connectivity index (χ2v) is 3.96. The summed E-state index contributed by atoms with van der Waals surface area (Å²) in [5.41, 5.74) is 5.80. The van der Waals surface area contributed by atoms with Gasteiger partial charge in [-0.1, -0.05) is 32.1 Å². The third kappa shape index (κ3) is 1.20. The molecule has 2 atom stereocenters. The van der Waals surface area contributed by atoms with Gasteiger partial charge in [0.25, 0.3) is 0 Å². The summed E-state index contributed by atoms with van der Waals surface area (Å²) < 4.78 is 0. The lowest BCUT2D eigenvalue weighted by Gasteiger charge is -2.20. The Kier molecular flexibility index (Phi) is 1.69. The van der Waals surface area contributed by atoms with Crippen LogP contribution in [0.2, 0.25) is 0 Å². The SMILES string of the molecule is N[C@H]1C[C@H]1C1CCCCC1. The summed E-state index contributed by atoms with van der Waals surface area (Å²) in [6.07, 6.45) is 8.67. The van der Waals surface area contributed by atoms with Crippen molar-refractivity contribution in [3.8, 4) is 0 Å². The van der Waals surface area contributed by atoms with E-state index in [0.717, 1.165) is 11.8 Å². The predicted octanol–water partition coefficient (Wildman–Crippen LogP) is 1.91. The van der Waals surface area contributed by atoms with Gasteiger partial charge in [-0.25, -0.2) is 0 Å². The van der Waals surface area contributed by atoms with Gasteiger partial charge in [0.2, 0.25) is 0 Å². The van der Waals surface area contributed by atoms with Gasteiger partial charge < -0.3 is 5.73 Å². The minimum atomic E-state index is 0.586. The van der Waals surface area contributed by atoms with E-state index >= 15 is 0 Å². The lowest BCUT2D eigenvalue weighted by atomic mass is 9.86. The van der Waals surface area contributed by atoms with Crippen LogP contribution in [0.15, 0.2) is 0 Å². The maximum absolute atomic E-state index is 5.80. The zero-order chi connectivity index (χ0) is 6.97. The summed E-state index contributed by atoms with van der Waals surface area (Å²) in [7, 11) is 0. The topological polar surface area (TPSA) is 26.0 Å². The normalized spacial score (nSPS) is 41.7. The first kappa shape index (κ1) is 6.66. The molecule has 0 aliphatic heterocycles. The van der Waals surface area contributed by atoms with Gasteiger partial charge in [-0.05, 0) is 18.3 Å². The van der Waals surface area contributed by atoms with Gasteiger partial charge in [-0.2, -0.15) is 0 Å². The average molecular weight is 139 g/mol. The molecule has 0 amide bonds. The van der Waals surface area contributed by atoms with Crippen molar-refractivity contribution in [2.45, 2.75) is 44.6 Å². The van der Waals surface area contributed by atoms with Crippen molar-refractivity contribution in [1.82, 2.24) is 0 Å². The van der Waals surface area contributed by atoms with Crippen LogP contribution in [-0.2, 0) is 0 Å². The van der Waals surface area contributed by atoms with Crippen LogP contribution in [0.25, 0.3) is 0 Å². The molecule has 2 saturated carbocycles. The van der Waals surface area contributed by atoms with Gasteiger partial charge >= 0.3 is 0 Å². The van der Waals surface area contributed by atoms with Gasteiger partial charge in [-0.3, -0.25) is 0 Å². The molecule has 0 bridgehead atoms. The number of hydrogen-bond donors (Lipinski definition) is 1. The molecule has 2 rings (SSSR count). The van der Waals surface area contributed by atoms with E-state index in [9.17, 15) is 0 Å². The third-order valence-electron chi connectivity index (χ3n) is 3.15. The molecule has 0 heterocycles. The van der Waals surface area contributed by atoms with Crippen molar-refractivity contribution in [3.05, 3.63) is 0 Å². The van der Waals surface area contributed by atoms with E-state index in [1.807, 2.05) is 0 Å². The molecular formula is C9H17N. The Balaban J connectivity index is 1.81. The van der Waals surface area contributed by atoms with Gasteiger partial charge in [0, 0.05) is 6.04 Å². The molecule has 2 aliphatic rings. The Hall–Kier alpha value is -0.0400. The van der Waals surface area contributed by atoms with Gasteiger partial charge in [0.05, 0.1) is 0 Å². The monoisotopic (exact) mass is 139 g/mol. The van der Waals surface area contributed by atoms with Crippen LogP contribution in [0.5, 0.6) is 0 Å². The third-order valence-corrected chi connectivity index (χ3v) is 3.15. The van der Waals surface area contributed by atoms with Crippen LogP contribution >= 0.6 is 0 Å². The molecule has 10 heavy (non-hydrogen) atoms. The summed E-state index contributed by atoms with van der Waals surface area (Å²) in [6, 6.07) is 0.586. The minimum absolute atomic E-state index is 0.586. The molecule has 2 N–H and O–H groups in total. The number of rotatable bonds is 1.